The van der Waals surface area contributed by atoms with Gasteiger partial charge < -0.3 is 9.05 Å². The molecule has 0 aromatic rings. The zero-order valence-corrected chi connectivity index (χ0v) is 12.7. The summed E-state index contributed by atoms with van der Waals surface area (Å²) in [6, 6.07) is 0. The van der Waals surface area contributed by atoms with Crippen LogP contribution in [0.25, 0.3) is 0 Å². The zero-order chi connectivity index (χ0) is 13.5. The van der Waals surface area contributed by atoms with Crippen molar-refractivity contribution in [3.63, 3.8) is 0 Å². The fourth-order valence-electron chi connectivity index (χ4n) is 1.38. The van der Waals surface area contributed by atoms with Crippen molar-refractivity contribution in [1.82, 2.24) is 0 Å². The summed E-state index contributed by atoms with van der Waals surface area (Å²) in [5, 5.41) is 0.663. The normalized spacial score (nSPS) is 13.0. The van der Waals surface area contributed by atoms with Crippen LogP contribution < -0.4 is 0 Å². The van der Waals surface area contributed by atoms with Gasteiger partial charge in [-0.15, -0.1) is 0 Å². The minimum atomic E-state index is -3.15. The molecule has 17 heavy (non-hydrogen) atoms. The molecule has 0 aliphatic heterocycles. The van der Waals surface area contributed by atoms with Gasteiger partial charge in [0.2, 0.25) is 0 Å². The average molecular weight is 260 g/mol. The second-order valence-corrected chi connectivity index (χ2v) is 6.42. The van der Waals surface area contributed by atoms with E-state index in [1.165, 1.54) is 0 Å². The SMILES string of the molecule is CCOP(=O)(OCC)/C(C=C(C)C)=C\C(C)C. The Labute approximate surface area is 105 Å². The van der Waals surface area contributed by atoms with Gasteiger partial charge in [-0.2, -0.15) is 0 Å². The fraction of sp³-hybridized carbons (Fsp3) is 0.692. The van der Waals surface area contributed by atoms with E-state index in [1.807, 2.05) is 53.7 Å². The highest BCUT2D eigenvalue weighted by molar-refractivity contribution is 7.58. The van der Waals surface area contributed by atoms with Crippen molar-refractivity contribution in [2.75, 3.05) is 13.2 Å². The quantitative estimate of drug-likeness (QED) is 0.489. The van der Waals surface area contributed by atoms with Crippen LogP contribution in [0.2, 0.25) is 0 Å². The molecule has 0 spiro atoms. The van der Waals surface area contributed by atoms with Crippen LogP contribution >= 0.6 is 7.60 Å². The Bertz CT molecular complexity index is 316. The van der Waals surface area contributed by atoms with E-state index in [4.69, 9.17) is 9.05 Å². The first-order chi connectivity index (χ1) is 7.85. The minimum absolute atomic E-state index is 0.301. The van der Waals surface area contributed by atoms with Crippen LogP contribution in [0, 0.1) is 5.92 Å². The van der Waals surface area contributed by atoms with Crippen molar-refractivity contribution < 1.29 is 13.6 Å². The summed E-state index contributed by atoms with van der Waals surface area (Å²) >= 11 is 0. The average Bonchev–Trinajstić information content (AvgIpc) is 2.15. The molecule has 0 atom stereocenters. The molecular weight excluding hydrogens is 235 g/mol. The summed E-state index contributed by atoms with van der Waals surface area (Å²) in [4.78, 5) is 0. The maximum absolute atomic E-state index is 12.6. The summed E-state index contributed by atoms with van der Waals surface area (Å²) in [5.41, 5.74) is 1.08. The van der Waals surface area contributed by atoms with Gasteiger partial charge in [-0.25, -0.2) is 0 Å². The van der Waals surface area contributed by atoms with Crippen LogP contribution in [-0.4, -0.2) is 13.2 Å². The second kappa shape index (κ2) is 7.86. The molecule has 0 rings (SSSR count). The van der Waals surface area contributed by atoms with Gasteiger partial charge in [0.1, 0.15) is 0 Å². The van der Waals surface area contributed by atoms with E-state index in [0.29, 0.717) is 24.4 Å². The summed E-state index contributed by atoms with van der Waals surface area (Å²) in [5.74, 6) is 0.301. The Hall–Kier alpha value is -0.370. The van der Waals surface area contributed by atoms with Gasteiger partial charge in [-0.3, -0.25) is 4.57 Å². The van der Waals surface area contributed by atoms with Gasteiger partial charge in [-0.1, -0.05) is 25.5 Å². The molecule has 0 heterocycles. The Balaban J connectivity index is 5.37. The monoisotopic (exact) mass is 260 g/mol. The lowest BCUT2D eigenvalue weighted by molar-refractivity contribution is 0.227. The van der Waals surface area contributed by atoms with E-state index in [9.17, 15) is 4.57 Å². The zero-order valence-electron chi connectivity index (χ0n) is 11.8. The standard InChI is InChI=1S/C13H25O3P/c1-7-15-17(14,16-8-2)13(9-11(3)4)10-12(5)6/h9-11H,7-8H2,1-6H3/b13-9-. The number of hydrogen-bond acceptors (Lipinski definition) is 3. The highest BCUT2D eigenvalue weighted by Gasteiger charge is 2.28. The van der Waals surface area contributed by atoms with Crippen LogP contribution in [0.15, 0.2) is 23.0 Å². The Morgan fingerprint density at radius 2 is 1.65 bits per heavy atom. The van der Waals surface area contributed by atoms with Crippen molar-refractivity contribution in [3.8, 4) is 0 Å². The summed E-state index contributed by atoms with van der Waals surface area (Å²) in [6.45, 7) is 12.4. The molecule has 0 aromatic carbocycles. The van der Waals surface area contributed by atoms with Crippen LogP contribution in [0.1, 0.15) is 41.5 Å². The maximum Gasteiger partial charge on any atom is 0.360 e. The van der Waals surface area contributed by atoms with Crippen LogP contribution in [0.3, 0.4) is 0 Å². The largest absolute Gasteiger partial charge is 0.360 e. The van der Waals surface area contributed by atoms with Gasteiger partial charge in [0.15, 0.2) is 0 Å². The Kier molecular flexibility index (Phi) is 7.69. The van der Waals surface area contributed by atoms with E-state index in [2.05, 4.69) is 0 Å². The van der Waals surface area contributed by atoms with E-state index >= 15 is 0 Å². The van der Waals surface area contributed by atoms with Crippen molar-refractivity contribution >= 4 is 7.60 Å². The predicted molar refractivity (Wildman–Crippen MR) is 73.2 cm³/mol. The van der Waals surface area contributed by atoms with E-state index in [1.54, 1.807) is 0 Å². The van der Waals surface area contributed by atoms with Crippen molar-refractivity contribution in [2.24, 2.45) is 5.92 Å². The first kappa shape index (κ1) is 16.6. The van der Waals surface area contributed by atoms with Gasteiger partial charge in [0.25, 0.3) is 0 Å². The molecule has 0 aromatic heterocycles. The lowest BCUT2D eigenvalue weighted by Gasteiger charge is -2.19. The predicted octanol–water partition coefficient (Wildman–Crippen LogP) is 4.76. The molecule has 0 saturated heterocycles. The smallest absolute Gasteiger partial charge is 0.306 e. The minimum Gasteiger partial charge on any atom is -0.306 e. The number of allylic oxidation sites excluding steroid dienone is 4. The van der Waals surface area contributed by atoms with Crippen LogP contribution in [-0.2, 0) is 13.6 Å². The topological polar surface area (TPSA) is 35.5 Å². The van der Waals surface area contributed by atoms with Gasteiger partial charge in [0.05, 0.1) is 18.5 Å². The van der Waals surface area contributed by atoms with Gasteiger partial charge in [0, 0.05) is 0 Å². The Morgan fingerprint density at radius 3 is 1.94 bits per heavy atom. The third kappa shape index (κ3) is 6.21. The van der Waals surface area contributed by atoms with Gasteiger partial charge >= 0.3 is 7.60 Å². The third-order valence-corrected chi connectivity index (χ3v) is 3.96. The molecule has 0 N–H and O–H groups in total. The highest BCUT2D eigenvalue weighted by atomic mass is 31.2. The van der Waals surface area contributed by atoms with E-state index < -0.39 is 7.60 Å². The lowest BCUT2D eigenvalue weighted by Crippen LogP contribution is -1.99. The summed E-state index contributed by atoms with van der Waals surface area (Å²) < 4.78 is 23.3. The molecule has 0 saturated carbocycles. The molecule has 100 valence electrons. The molecule has 0 aliphatic carbocycles. The first-order valence-electron chi connectivity index (χ1n) is 6.12. The molecule has 0 unspecified atom stereocenters. The lowest BCUT2D eigenvalue weighted by atomic mass is 10.2. The molecule has 4 heteroatoms. The molecule has 0 amide bonds. The Morgan fingerprint density at radius 1 is 1.18 bits per heavy atom. The second-order valence-electron chi connectivity index (χ2n) is 4.39. The van der Waals surface area contributed by atoms with E-state index in [0.717, 1.165) is 5.57 Å². The maximum atomic E-state index is 12.6. The molecule has 3 nitrogen and oxygen atoms in total. The molecule has 0 radical (unpaired) electrons. The first-order valence-corrected chi connectivity index (χ1v) is 7.66. The molecule has 0 fully saturated rings. The van der Waals surface area contributed by atoms with Crippen LogP contribution in [0.4, 0.5) is 0 Å². The van der Waals surface area contributed by atoms with E-state index in [-0.39, 0.29) is 0 Å². The fourth-order valence-corrected chi connectivity index (χ4v) is 3.33. The number of rotatable bonds is 7. The van der Waals surface area contributed by atoms with Crippen molar-refractivity contribution in [1.29, 1.82) is 0 Å². The molecule has 0 bridgehead atoms. The van der Waals surface area contributed by atoms with Crippen molar-refractivity contribution in [2.45, 2.75) is 41.5 Å². The molecular formula is C13H25O3P. The summed E-state index contributed by atoms with van der Waals surface area (Å²) in [7, 11) is -3.15. The van der Waals surface area contributed by atoms with Crippen molar-refractivity contribution in [3.05, 3.63) is 23.0 Å². The number of hydrogen-bond donors (Lipinski definition) is 0. The highest BCUT2D eigenvalue weighted by Crippen LogP contribution is 2.57. The summed E-state index contributed by atoms with van der Waals surface area (Å²) in [6.07, 6.45) is 3.82. The van der Waals surface area contributed by atoms with Gasteiger partial charge in [-0.05, 0) is 39.7 Å². The third-order valence-electron chi connectivity index (χ3n) is 1.85. The molecule has 0 aliphatic rings. The van der Waals surface area contributed by atoms with Crippen LogP contribution in [0.5, 0.6) is 0 Å².